The Morgan fingerprint density at radius 3 is 2.33 bits per heavy atom. The molecule has 15 heavy (non-hydrogen) atoms. The fourth-order valence-electron chi connectivity index (χ4n) is 1.14. The zero-order valence-corrected chi connectivity index (χ0v) is 7.95. The molecule has 0 N–H and O–H groups in total. The average Bonchev–Trinajstić information content (AvgIpc) is 2.31. The molecule has 0 aliphatic carbocycles. The summed E-state index contributed by atoms with van der Waals surface area (Å²) in [6.45, 7) is 1.44. The minimum absolute atomic E-state index is 0.140. The predicted octanol–water partition coefficient (Wildman–Crippen LogP) is 2.10. The Bertz CT molecular complexity index is 442. The molecule has 0 spiro atoms. The molecular formula is C11H9N3O+. The summed E-state index contributed by atoms with van der Waals surface area (Å²) >= 11 is 0. The summed E-state index contributed by atoms with van der Waals surface area (Å²) < 4.78 is 0.648. The second-order valence-electron chi connectivity index (χ2n) is 2.91. The Morgan fingerprint density at radius 1 is 1.00 bits per heavy atom. The van der Waals surface area contributed by atoms with Crippen LogP contribution in [0.4, 0.5) is 5.95 Å². The zero-order chi connectivity index (χ0) is 10.5. The van der Waals surface area contributed by atoms with E-state index >= 15 is 0 Å². The normalized spacial score (nSPS) is 9.87. The molecule has 0 aliphatic heterocycles. The summed E-state index contributed by atoms with van der Waals surface area (Å²) in [6, 6.07) is 11.0. The molecule has 0 atom stereocenters. The highest BCUT2D eigenvalue weighted by molar-refractivity contribution is 5.20. The van der Waals surface area contributed by atoms with Crippen LogP contribution in [0.1, 0.15) is 5.56 Å². The number of hydrogen-bond donors (Lipinski definition) is 0. The van der Waals surface area contributed by atoms with Crippen molar-refractivity contribution in [2.24, 2.45) is 0 Å². The average molecular weight is 199 g/mol. The SMILES string of the molecule is O=[N+]([CH]c1ccccc1)c1ncccn1. The summed E-state index contributed by atoms with van der Waals surface area (Å²) in [5.41, 5.74) is 0.819. The van der Waals surface area contributed by atoms with Gasteiger partial charge < -0.3 is 0 Å². The monoisotopic (exact) mass is 199 g/mol. The van der Waals surface area contributed by atoms with Gasteiger partial charge in [0.25, 0.3) is 0 Å². The molecule has 2 aromatic rings. The van der Waals surface area contributed by atoms with Gasteiger partial charge in [-0.25, -0.2) is 0 Å². The molecule has 0 aliphatic rings. The molecule has 0 unspecified atom stereocenters. The smallest absolute Gasteiger partial charge is 0.0939 e. The van der Waals surface area contributed by atoms with Crippen molar-refractivity contribution in [3.8, 4) is 0 Å². The molecule has 0 saturated carbocycles. The maximum Gasteiger partial charge on any atom is 0.469 e. The lowest BCUT2D eigenvalue weighted by molar-refractivity contribution is -0.421. The molecule has 4 nitrogen and oxygen atoms in total. The van der Waals surface area contributed by atoms with Gasteiger partial charge in [0.15, 0.2) is 6.54 Å². The van der Waals surface area contributed by atoms with Crippen molar-refractivity contribution in [2.75, 3.05) is 0 Å². The number of nitrogens with zero attached hydrogens (tertiary/aromatic N) is 3. The lowest BCUT2D eigenvalue weighted by atomic mass is 10.2. The van der Waals surface area contributed by atoms with Gasteiger partial charge in [-0.15, -0.1) is 0 Å². The first-order valence-corrected chi connectivity index (χ1v) is 4.49. The van der Waals surface area contributed by atoms with Gasteiger partial charge in [0.2, 0.25) is 0 Å². The first kappa shape index (κ1) is 9.45. The first-order chi connectivity index (χ1) is 7.36. The number of benzene rings is 1. The fourth-order valence-corrected chi connectivity index (χ4v) is 1.14. The molecule has 4 heteroatoms. The molecule has 73 valence electrons. The third-order valence-corrected chi connectivity index (χ3v) is 1.82. The van der Waals surface area contributed by atoms with E-state index in [1.54, 1.807) is 6.07 Å². The third kappa shape index (κ3) is 2.43. The summed E-state index contributed by atoms with van der Waals surface area (Å²) in [4.78, 5) is 19.2. The van der Waals surface area contributed by atoms with E-state index in [4.69, 9.17) is 0 Å². The van der Waals surface area contributed by atoms with Crippen molar-refractivity contribution in [1.82, 2.24) is 9.97 Å². The van der Waals surface area contributed by atoms with Crippen LogP contribution >= 0.6 is 0 Å². The van der Waals surface area contributed by atoms with Crippen LogP contribution in [-0.4, -0.2) is 14.7 Å². The second kappa shape index (κ2) is 4.41. The molecule has 0 saturated heterocycles. The molecule has 0 fully saturated rings. The standard InChI is InChI=1S/C11H9N3O/c15-14(11-12-7-4-8-13-11)9-10-5-2-1-3-6-10/h1-9H/q+1. The Kier molecular flexibility index (Phi) is 2.78. The number of hydrogen-bond acceptors (Lipinski definition) is 3. The van der Waals surface area contributed by atoms with Gasteiger partial charge in [-0.2, -0.15) is 0 Å². The van der Waals surface area contributed by atoms with E-state index in [9.17, 15) is 4.91 Å². The Balaban J connectivity index is 2.12. The number of nitroso groups, excluding NO2 is 1. The summed E-state index contributed by atoms with van der Waals surface area (Å²) in [7, 11) is 0. The summed E-state index contributed by atoms with van der Waals surface area (Å²) in [5, 5.41) is 0. The van der Waals surface area contributed by atoms with Gasteiger partial charge in [0, 0.05) is 6.07 Å². The third-order valence-electron chi connectivity index (χ3n) is 1.82. The molecule has 1 aromatic heterocycles. The topological polar surface area (TPSA) is 45.9 Å². The van der Waals surface area contributed by atoms with Crippen molar-refractivity contribution >= 4 is 5.95 Å². The lowest BCUT2D eigenvalue weighted by Gasteiger charge is -1.94. The maximum atomic E-state index is 11.6. The Labute approximate surface area is 87.2 Å². The highest BCUT2D eigenvalue weighted by Crippen LogP contribution is 2.08. The molecular weight excluding hydrogens is 190 g/mol. The molecule has 1 aromatic carbocycles. The van der Waals surface area contributed by atoms with Gasteiger partial charge in [-0.1, -0.05) is 45.2 Å². The van der Waals surface area contributed by atoms with Crippen LogP contribution in [-0.2, 0) is 0 Å². The number of aromatic nitrogens is 2. The molecule has 1 heterocycles. The zero-order valence-electron chi connectivity index (χ0n) is 7.95. The van der Waals surface area contributed by atoms with Crippen molar-refractivity contribution in [2.45, 2.75) is 0 Å². The van der Waals surface area contributed by atoms with Crippen LogP contribution in [0.3, 0.4) is 0 Å². The van der Waals surface area contributed by atoms with Gasteiger partial charge in [0.1, 0.15) is 12.4 Å². The minimum atomic E-state index is 0.140. The van der Waals surface area contributed by atoms with Crippen LogP contribution < -0.4 is 0 Å². The van der Waals surface area contributed by atoms with Crippen molar-refractivity contribution in [3.63, 3.8) is 0 Å². The predicted molar refractivity (Wildman–Crippen MR) is 55.2 cm³/mol. The first-order valence-electron chi connectivity index (χ1n) is 4.49. The minimum Gasteiger partial charge on any atom is -0.0939 e. The van der Waals surface area contributed by atoms with Gasteiger partial charge in [0.05, 0.1) is 0 Å². The fraction of sp³-hybridized carbons (Fsp3) is 0. The van der Waals surface area contributed by atoms with E-state index in [2.05, 4.69) is 9.97 Å². The summed E-state index contributed by atoms with van der Waals surface area (Å²) in [5.74, 6) is 0.140. The number of rotatable bonds is 3. The highest BCUT2D eigenvalue weighted by atomic mass is 16.3. The largest absolute Gasteiger partial charge is 0.469 e. The summed E-state index contributed by atoms with van der Waals surface area (Å²) in [6.07, 6.45) is 3.07. The van der Waals surface area contributed by atoms with Crippen LogP contribution in [0.5, 0.6) is 0 Å². The quantitative estimate of drug-likeness (QED) is 0.711. The van der Waals surface area contributed by atoms with E-state index in [0.29, 0.717) is 4.76 Å². The second-order valence-corrected chi connectivity index (χ2v) is 2.91. The van der Waals surface area contributed by atoms with E-state index in [0.717, 1.165) is 5.56 Å². The molecule has 2 rings (SSSR count). The van der Waals surface area contributed by atoms with E-state index in [1.807, 2.05) is 30.3 Å². The Morgan fingerprint density at radius 2 is 1.67 bits per heavy atom. The van der Waals surface area contributed by atoms with Crippen molar-refractivity contribution in [1.29, 1.82) is 0 Å². The van der Waals surface area contributed by atoms with Crippen molar-refractivity contribution < 1.29 is 4.76 Å². The Hall–Kier alpha value is -2.10. The van der Waals surface area contributed by atoms with Crippen LogP contribution in [0, 0.1) is 11.5 Å². The molecule has 0 bridgehead atoms. The van der Waals surface area contributed by atoms with E-state index in [1.165, 1.54) is 18.9 Å². The van der Waals surface area contributed by atoms with Crippen LogP contribution in [0.15, 0.2) is 48.8 Å². The molecule has 0 amide bonds. The van der Waals surface area contributed by atoms with Crippen LogP contribution in [0.2, 0.25) is 0 Å². The van der Waals surface area contributed by atoms with Gasteiger partial charge in [-0.05, 0) is 10.3 Å². The van der Waals surface area contributed by atoms with Crippen molar-refractivity contribution in [3.05, 3.63) is 65.8 Å². The lowest BCUT2D eigenvalue weighted by Crippen LogP contribution is -2.01. The van der Waals surface area contributed by atoms with E-state index in [-0.39, 0.29) is 5.95 Å². The van der Waals surface area contributed by atoms with Gasteiger partial charge >= 0.3 is 5.95 Å². The van der Waals surface area contributed by atoms with Crippen LogP contribution in [0.25, 0.3) is 0 Å². The highest BCUT2D eigenvalue weighted by Gasteiger charge is 2.14. The maximum absolute atomic E-state index is 11.6. The van der Waals surface area contributed by atoms with E-state index < -0.39 is 0 Å². The molecule has 1 radical (unpaired) electrons. The van der Waals surface area contributed by atoms with Gasteiger partial charge in [-0.3, -0.25) is 0 Å².